The summed E-state index contributed by atoms with van der Waals surface area (Å²) in [6.45, 7) is 3.92. The van der Waals surface area contributed by atoms with Crippen LogP contribution in [0.15, 0.2) is 12.4 Å². The highest BCUT2D eigenvalue weighted by Gasteiger charge is 2.32. The quantitative estimate of drug-likeness (QED) is 0.342. The lowest BCUT2D eigenvalue weighted by atomic mass is 9.91. The highest BCUT2D eigenvalue weighted by molar-refractivity contribution is 5.88. The number of hydrogen-bond acceptors (Lipinski definition) is 5. The first kappa shape index (κ1) is 16.1. The maximum atomic E-state index is 12.1. The van der Waals surface area contributed by atoms with Crippen LogP contribution in [0.25, 0.3) is 0 Å². The van der Waals surface area contributed by atoms with Gasteiger partial charge in [0.1, 0.15) is 11.9 Å². The van der Waals surface area contributed by atoms with Gasteiger partial charge in [-0.1, -0.05) is 13.8 Å². The monoisotopic (exact) mass is 284 g/mol. The van der Waals surface area contributed by atoms with Crippen molar-refractivity contribution in [3.63, 3.8) is 0 Å². The molecule has 0 unspecified atom stereocenters. The predicted octanol–water partition coefficient (Wildman–Crippen LogP) is -0.445. The van der Waals surface area contributed by atoms with Crippen molar-refractivity contribution >= 4 is 11.8 Å². The number of aliphatic hydroxyl groups excluding tert-OH is 1. The van der Waals surface area contributed by atoms with Crippen molar-refractivity contribution in [2.24, 2.45) is 11.8 Å². The van der Waals surface area contributed by atoms with Crippen LogP contribution in [0.1, 0.15) is 26.1 Å². The Morgan fingerprint density at radius 2 is 2.10 bits per heavy atom. The molecule has 8 nitrogen and oxygen atoms in total. The summed E-state index contributed by atoms with van der Waals surface area (Å²) in [5.41, 5.74) is 1.36. The van der Waals surface area contributed by atoms with Gasteiger partial charge in [-0.2, -0.15) is 0 Å². The number of hydroxylamine groups is 1. The summed E-state index contributed by atoms with van der Waals surface area (Å²) in [5.74, 6) is -1.72. The molecular formula is C12H20N4O4. The Kier molecular flexibility index (Phi) is 6.13. The second kappa shape index (κ2) is 7.61. The molecule has 0 aliphatic heterocycles. The predicted molar refractivity (Wildman–Crippen MR) is 69.3 cm³/mol. The van der Waals surface area contributed by atoms with Crippen LogP contribution in [0.4, 0.5) is 0 Å². The third-order valence-electron chi connectivity index (χ3n) is 2.81. The number of rotatable bonds is 7. The zero-order valence-corrected chi connectivity index (χ0v) is 11.5. The fraction of sp³-hybridized carbons (Fsp3) is 0.583. The minimum absolute atomic E-state index is 0.107. The van der Waals surface area contributed by atoms with Crippen molar-refractivity contribution in [2.75, 3.05) is 0 Å². The van der Waals surface area contributed by atoms with E-state index in [-0.39, 0.29) is 12.5 Å². The van der Waals surface area contributed by atoms with Gasteiger partial charge >= 0.3 is 0 Å². The molecule has 0 saturated carbocycles. The van der Waals surface area contributed by atoms with Gasteiger partial charge in [0.2, 0.25) is 5.91 Å². The van der Waals surface area contributed by atoms with Crippen molar-refractivity contribution in [3.8, 4) is 0 Å². The first-order chi connectivity index (χ1) is 9.45. The van der Waals surface area contributed by atoms with E-state index in [4.69, 9.17) is 5.21 Å². The fourth-order valence-corrected chi connectivity index (χ4v) is 1.83. The second-order valence-electron chi connectivity index (χ2n) is 4.91. The summed E-state index contributed by atoms with van der Waals surface area (Å²) in [7, 11) is 0. The minimum atomic E-state index is -1.60. The van der Waals surface area contributed by atoms with Crippen LogP contribution in [0.2, 0.25) is 0 Å². The number of amides is 2. The number of H-pyrrole nitrogens is 1. The van der Waals surface area contributed by atoms with Gasteiger partial charge in [0.15, 0.2) is 0 Å². The van der Waals surface area contributed by atoms with E-state index in [0.717, 1.165) is 0 Å². The molecule has 20 heavy (non-hydrogen) atoms. The number of aliphatic hydroxyl groups is 1. The van der Waals surface area contributed by atoms with Crippen LogP contribution in [0, 0.1) is 11.8 Å². The van der Waals surface area contributed by atoms with Crippen molar-refractivity contribution < 1.29 is 19.9 Å². The van der Waals surface area contributed by atoms with Gasteiger partial charge in [0, 0.05) is 12.4 Å². The Morgan fingerprint density at radius 1 is 1.40 bits per heavy atom. The largest absolute Gasteiger partial charge is 0.382 e. The number of aromatic amines is 1. The Balaban J connectivity index is 2.66. The van der Waals surface area contributed by atoms with Gasteiger partial charge in [-0.15, -0.1) is 0 Å². The molecule has 2 amide bonds. The van der Waals surface area contributed by atoms with E-state index >= 15 is 0 Å². The number of carbonyl (C=O) groups is 2. The summed E-state index contributed by atoms with van der Waals surface area (Å²) in [6.07, 6.45) is 1.90. The third-order valence-corrected chi connectivity index (χ3v) is 2.81. The number of imidazole rings is 1. The lowest BCUT2D eigenvalue weighted by Gasteiger charge is -2.22. The molecule has 1 aromatic heterocycles. The lowest BCUT2D eigenvalue weighted by molar-refractivity contribution is -0.146. The van der Waals surface area contributed by atoms with Crippen LogP contribution < -0.4 is 10.8 Å². The molecule has 1 aromatic rings. The summed E-state index contributed by atoms with van der Waals surface area (Å²) in [6, 6.07) is 0. The Hall–Kier alpha value is -1.93. The minimum Gasteiger partial charge on any atom is -0.382 e. The van der Waals surface area contributed by atoms with Crippen LogP contribution in [0.3, 0.4) is 0 Å². The van der Waals surface area contributed by atoms with Gasteiger partial charge in [-0.3, -0.25) is 14.8 Å². The maximum absolute atomic E-state index is 12.1. The number of hydrogen-bond donors (Lipinski definition) is 5. The van der Waals surface area contributed by atoms with E-state index in [9.17, 15) is 14.7 Å². The number of nitrogens with zero attached hydrogens (tertiary/aromatic N) is 1. The van der Waals surface area contributed by atoms with Gasteiger partial charge in [-0.05, 0) is 12.3 Å². The number of nitrogens with one attached hydrogen (secondary N) is 3. The molecule has 5 N–H and O–H groups in total. The summed E-state index contributed by atoms with van der Waals surface area (Å²) in [4.78, 5) is 30.1. The van der Waals surface area contributed by atoms with Crippen molar-refractivity contribution in [1.29, 1.82) is 0 Å². The average molecular weight is 284 g/mol. The van der Waals surface area contributed by atoms with E-state index in [1.165, 1.54) is 5.48 Å². The van der Waals surface area contributed by atoms with Crippen LogP contribution in [0.5, 0.6) is 0 Å². The maximum Gasteiger partial charge on any atom is 0.272 e. The zero-order valence-electron chi connectivity index (χ0n) is 11.5. The Labute approximate surface area is 116 Å². The first-order valence-corrected chi connectivity index (χ1v) is 6.33. The van der Waals surface area contributed by atoms with Crippen LogP contribution in [-0.4, -0.2) is 38.2 Å². The third kappa shape index (κ3) is 4.63. The molecule has 1 rings (SSSR count). The fourth-order valence-electron chi connectivity index (χ4n) is 1.83. The molecule has 0 radical (unpaired) electrons. The second-order valence-corrected chi connectivity index (χ2v) is 4.91. The summed E-state index contributed by atoms with van der Waals surface area (Å²) < 4.78 is 0. The Morgan fingerprint density at radius 3 is 2.60 bits per heavy atom. The highest BCUT2D eigenvalue weighted by Crippen LogP contribution is 2.16. The zero-order chi connectivity index (χ0) is 15.1. The van der Waals surface area contributed by atoms with E-state index in [0.29, 0.717) is 12.2 Å². The summed E-state index contributed by atoms with van der Waals surface area (Å²) >= 11 is 0. The topological polar surface area (TPSA) is 127 Å². The molecule has 112 valence electrons. The average Bonchev–Trinajstić information content (AvgIpc) is 2.93. The molecule has 0 aromatic carbocycles. The number of aromatic nitrogens is 2. The SMILES string of the molecule is CC(C)C[C@@H](C(=O)NCc1ncc[nH]1)[C@H](O)C(=O)NO. The Bertz CT molecular complexity index is 433. The van der Waals surface area contributed by atoms with E-state index in [2.05, 4.69) is 15.3 Å². The van der Waals surface area contributed by atoms with E-state index in [1.54, 1.807) is 12.4 Å². The number of carbonyl (C=O) groups excluding carboxylic acids is 2. The molecule has 1 heterocycles. The van der Waals surface area contributed by atoms with Gasteiger partial charge in [0.05, 0.1) is 12.5 Å². The summed E-state index contributed by atoms with van der Waals surface area (Å²) in [5, 5.41) is 20.9. The van der Waals surface area contributed by atoms with Gasteiger partial charge in [0.25, 0.3) is 5.91 Å². The van der Waals surface area contributed by atoms with Crippen molar-refractivity contribution in [1.82, 2.24) is 20.8 Å². The van der Waals surface area contributed by atoms with Crippen molar-refractivity contribution in [2.45, 2.75) is 32.9 Å². The molecular weight excluding hydrogens is 264 g/mol. The van der Waals surface area contributed by atoms with E-state index < -0.39 is 23.8 Å². The molecule has 2 atom stereocenters. The standard InChI is InChI=1S/C12H20N4O4/c1-7(2)5-8(10(17)12(19)16-20)11(18)15-6-9-13-3-4-14-9/h3-4,7-8,10,17,20H,5-6H2,1-2H3,(H,13,14)(H,15,18)(H,16,19)/t8-,10+/m1/s1. The molecule has 0 bridgehead atoms. The highest BCUT2D eigenvalue weighted by atomic mass is 16.5. The normalized spacial score (nSPS) is 13.8. The molecule has 0 saturated heterocycles. The molecule has 8 heteroatoms. The molecule has 0 spiro atoms. The smallest absolute Gasteiger partial charge is 0.272 e. The van der Waals surface area contributed by atoms with Crippen LogP contribution >= 0.6 is 0 Å². The van der Waals surface area contributed by atoms with Crippen LogP contribution in [-0.2, 0) is 16.1 Å². The van der Waals surface area contributed by atoms with Crippen molar-refractivity contribution in [3.05, 3.63) is 18.2 Å². The molecule has 0 fully saturated rings. The van der Waals surface area contributed by atoms with E-state index in [1.807, 2.05) is 13.8 Å². The molecule has 0 aliphatic carbocycles. The lowest BCUT2D eigenvalue weighted by Crippen LogP contribution is -2.45. The molecule has 0 aliphatic rings. The van der Waals surface area contributed by atoms with Gasteiger partial charge in [-0.25, -0.2) is 10.5 Å². The first-order valence-electron chi connectivity index (χ1n) is 6.33. The van der Waals surface area contributed by atoms with Gasteiger partial charge < -0.3 is 15.4 Å².